The molecule has 1 fully saturated rings. The molecule has 1 aromatic carbocycles. The van der Waals surface area contributed by atoms with Crippen molar-refractivity contribution in [2.75, 3.05) is 0 Å². The Bertz CT molecular complexity index is 851. The quantitative estimate of drug-likeness (QED) is 0.692. The molecule has 0 atom stereocenters. The fourth-order valence-electron chi connectivity index (χ4n) is 3.76. The van der Waals surface area contributed by atoms with Gasteiger partial charge < -0.3 is 0 Å². The topological polar surface area (TPSA) is 3.88 Å². The summed E-state index contributed by atoms with van der Waals surface area (Å²) in [6.45, 7) is 2.05. The molecular weight excluding hydrogens is 254 g/mol. The lowest BCUT2D eigenvalue weighted by molar-refractivity contribution is -0.660. The summed E-state index contributed by atoms with van der Waals surface area (Å²) in [6, 6.07) is 9.97. The number of aromatic nitrogens is 1. The average molecular weight is 282 g/mol. The van der Waals surface area contributed by atoms with Crippen LogP contribution in [0.3, 0.4) is 0 Å². The summed E-state index contributed by atoms with van der Waals surface area (Å²) in [7, 11) is 1.92. The number of nitrogens with zero attached hydrogens (tertiary/aromatic N) is 1. The van der Waals surface area contributed by atoms with E-state index in [1.165, 1.54) is 0 Å². The van der Waals surface area contributed by atoms with E-state index in [4.69, 9.17) is 5.48 Å². The summed E-state index contributed by atoms with van der Waals surface area (Å²) in [5.74, 6) is 0. The smallest absolute Gasteiger partial charge is 0.201 e. The zero-order valence-corrected chi connectivity index (χ0v) is 12.7. The van der Waals surface area contributed by atoms with E-state index in [-0.39, 0.29) is 0 Å². The van der Waals surface area contributed by atoms with Gasteiger partial charge in [0.2, 0.25) is 5.69 Å². The summed E-state index contributed by atoms with van der Waals surface area (Å²) < 4.78 is 37.3. The summed E-state index contributed by atoms with van der Waals surface area (Å²) >= 11 is 0. The van der Waals surface area contributed by atoms with E-state index in [0.717, 1.165) is 29.7 Å². The molecule has 0 bridgehead atoms. The van der Waals surface area contributed by atoms with E-state index in [9.17, 15) is 0 Å². The fourth-order valence-corrected chi connectivity index (χ4v) is 3.76. The van der Waals surface area contributed by atoms with Crippen LogP contribution in [0.5, 0.6) is 0 Å². The van der Waals surface area contributed by atoms with Gasteiger partial charge in [-0.05, 0) is 55.1 Å². The van der Waals surface area contributed by atoms with Crippen LogP contribution in [0.15, 0.2) is 36.5 Å². The predicted octanol–water partition coefficient (Wildman–Crippen LogP) is 4.15. The van der Waals surface area contributed by atoms with Crippen LogP contribution in [-0.4, -0.2) is 0 Å². The molecule has 0 radical (unpaired) electrons. The third kappa shape index (κ3) is 2.10. The van der Waals surface area contributed by atoms with Crippen molar-refractivity contribution in [3.05, 3.63) is 53.2 Å². The number of fused-ring (bicyclic) bond motifs is 1. The van der Waals surface area contributed by atoms with Crippen LogP contribution in [0, 0.1) is 12.3 Å². The first kappa shape index (κ1) is 9.40. The van der Waals surface area contributed by atoms with E-state index in [1.807, 2.05) is 42.1 Å². The van der Waals surface area contributed by atoms with Gasteiger partial charge >= 0.3 is 0 Å². The molecule has 0 amide bonds. The molecule has 2 aliphatic rings. The van der Waals surface area contributed by atoms with Crippen LogP contribution in [0.25, 0.3) is 11.3 Å². The first-order chi connectivity index (χ1) is 11.7. The van der Waals surface area contributed by atoms with Gasteiger partial charge in [0.15, 0.2) is 6.20 Å². The van der Waals surface area contributed by atoms with Gasteiger partial charge in [-0.3, -0.25) is 0 Å². The van der Waals surface area contributed by atoms with Crippen LogP contribution < -0.4 is 4.57 Å². The minimum Gasteiger partial charge on any atom is -0.201 e. The molecule has 1 nitrogen and oxygen atoms in total. The van der Waals surface area contributed by atoms with E-state index < -0.39 is 18.2 Å². The molecule has 0 aliphatic heterocycles. The molecule has 1 spiro atoms. The minimum atomic E-state index is -1.64. The van der Waals surface area contributed by atoms with Crippen molar-refractivity contribution < 1.29 is 10.1 Å². The molecule has 2 aliphatic carbocycles. The Balaban J connectivity index is 1.98. The highest BCUT2D eigenvalue weighted by atomic mass is 14.9. The van der Waals surface area contributed by atoms with Crippen molar-refractivity contribution in [1.29, 1.82) is 0 Å². The molecule has 0 N–H and O–H groups in total. The fraction of sp³-hybridized carbons (Fsp3) is 0.450. The molecule has 1 heterocycles. The average Bonchev–Trinajstić information content (AvgIpc) is 3.10. The Kier molecular flexibility index (Phi) is 2.10. The van der Waals surface area contributed by atoms with Gasteiger partial charge in [0.1, 0.15) is 7.05 Å². The van der Waals surface area contributed by atoms with Gasteiger partial charge in [-0.2, -0.15) is 0 Å². The summed E-state index contributed by atoms with van der Waals surface area (Å²) in [4.78, 5) is 0. The summed E-state index contributed by atoms with van der Waals surface area (Å²) in [6.07, 6.45) is 1.59. The number of pyridine rings is 1. The van der Waals surface area contributed by atoms with Gasteiger partial charge in [-0.1, -0.05) is 31.0 Å². The molecule has 1 aromatic heterocycles. The first-order valence-electron chi connectivity index (χ1n) is 9.83. The Morgan fingerprint density at radius 1 is 1.10 bits per heavy atom. The van der Waals surface area contributed by atoms with Gasteiger partial charge in [-0.15, -0.1) is 0 Å². The monoisotopic (exact) mass is 282 g/mol. The van der Waals surface area contributed by atoms with Gasteiger partial charge in [0, 0.05) is 22.7 Å². The van der Waals surface area contributed by atoms with Crippen LogP contribution in [0.2, 0.25) is 0 Å². The maximum atomic E-state index is 8.87. The van der Waals surface area contributed by atoms with Crippen LogP contribution >= 0.6 is 0 Å². The Labute approximate surface area is 133 Å². The van der Waals surface area contributed by atoms with Crippen molar-refractivity contribution in [2.24, 2.45) is 12.5 Å². The first-order valence-corrected chi connectivity index (χ1v) is 7.83. The maximum Gasteiger partial charge on any atom is 0.212 e. The lowest BCUT2D eigenvalue weighted by Gasteiger charge is -2.21. The van der Waals surface area contributed by atoms with Crippen molar-refractivity contribution in [2.45, 2.75) is 45.4 Å². The highest BCUT2D eigenvalue weighted by Gasteiger charge is 2.41. The molecule has 21 heavy (non-hydrogen) atoms. The highest BCUT2D eigenvalue weighted by molar-refractivity contribution is 5.62. The van der Waals surface area contributed by atoms with Gasteiger partial charge in [-0.25, -0.2) is 4.57 Å². The minimum absolute atomic E-state index is 0.527. The predicted molar refractivity (Wildman–Crippen MR) is 86.1 cm³/mol. The normalized spacial score (nSPS) is 26.8. The molecule has 4 rings (SSSR count). The Morgan fingerprint density at radius 3 is 2.57 bits per heavy atom. The molecule has 1 heteroatoms. The van der Waals surface area contributed by atoms with Crippen LogP contribution in [-0.2, 0) is 19.8 Å². The van der Waals surface area contributed by atoms with E-state index in [1.54, 1.807) is 0 Å². The van der Waals surface area contributed by atoms with Crippen molar-refractivity contribution in [3.8, 4) is 11.3 Å². The Hall–Kier alpha value is -1.63. The molecular formula is C20H24N+. The van der Waals surface area contributed by atoms with E-state index in [0.29, 0.717) is 24.0 Å². The molecule has 0 saturated heterocycles. The lowest BCUT2D eigenvalue weighted by Crippen LogP contribution is -2.31. The zero-order chi connectivity index (χ0) is 18.0. The van der Waals surface area contributed by atoms with E-state index in [2.05, 4.69) is 13.0 Å². The number of hydrogen-bond acceptors (Lipinski definition) is 0. The number of hydrogen-bond donors (Lipinski definition) is 0. The summed E-state index contributed by atoms with van der Waals surface area (Å²) in [5, 5.41) is 0. The standard InChI is InChI=1S/C20H24N/c1-15-7-3-4-8-18(15)19-11-16-12-20(9-5-6-10-20)13-17(16)14-21(19)2/h3-4,7-8,11,14H,5-6,9-10,12-13H2,1-2H3/q+1/i12D2,13D2. The van der Waals surface area contributed by atoms with Gasteiger partial charge in [0.05, 0.1) is 0 Å². The second-order valence-corrected chi connectivity index (χ2v) is 6.45. The third-order valence-electron chi connectivity index (χ3n) is 4.90. The Morgan fingerprint density at radius 2 is 1.81 bits per heavy atom. The summed E-state index contributed by atoms with van der Waals surface area (Å²) in [5.41, 5.74) is 3.27. The van der Waals surface area contributed by atoms with Crippen LogP contribution in [0.1, 0.15) is 47.9 Å². The largest absolute Gasteiger partial charge is 0.212 e. The maximum absolute atomic E-state index is 8.87. The van der Waals surface area contributed by atoms with Crippen molar-refractivity contribution in [3.63, 3.8) is 0 Å². The molecule has 2 aromatic rings. The third-order valence-corrected chi connectivity index (χ3v) is 4.90. The van der Waals surface area contributed by atoms with Crippen molar-refractivity contribution in [1.82, 2.24) is 0 Å². The zero-order valence-electron chi connectivity index (χ0n) is 16.7. The van der Waals surface area contributed by atoms with E-state index >= 15 is 0 Å². The second-order valence-electron chi connectivity index (χ2n) is 6.45. The number of rotatable bonds is 1. The number of aryl methyl sites for hydroxylation is 2. The van der Waals surface area contributed by atoms with Crippen LogP contribution in [0.4, 0.5) is 0 Å². The SMILES string of the molecule is [2H]C1([2H])c2cc(-c3ccccc3C)[n+](C)cc2C([2H])([2H])C12CCCC2. The lowest BCUT2D eigenvalue weighted by atomic mass is 9.83. The molecule has 1 saturated carbocycles. The second kappa shape index (κ2) is 4.69. The number of benzene rings is 1. The highest BCUT2D eigenvalue weighted by Crippen LogP contribution is 2.48. The van der Waals surface area contributed by atoms with Crippen molar-refractivity contribution >= 4 is 0 Å². The molecule has 0 unspecified atom stereocenters. The van der Waals surface area contributed by atoms with Gasteiger partial charge in [0.25, 0.3) is 0 Å². The molecule has 108 valence electrons.